The fourth-order valence-corrected chi connectivity index (χ4v) is 0.917. The van der Waals surface area contributed by atoms with Crippen LogP contribution < -0.4 is 0 Å². The van der Waals surface area contributed by atoms with Crippen molar-refractivity contribution < 1.29 is 14.6 Å². The lowest BCUT2D eigenvalue weighted by molar-refractivity contribution is 0.281. The first-order valence-electron chi connectivity index (χ1n) is 3.66. The molecule has 0 unspecified atom stereocenters. The van der Waals surface area contributed by atoms with Crippen molar-refractivity contribution in [2.24, 2.45) is 0 Å². The molecule has 68 valence electrons. The van der Waals surface area contributed by atoms with Crippen LogP contribution in [0.1, 0.15) is 11.1 Å². The van der Waals surface area contributed by atoms with Crippen LogP contribution in [0.15, 0.2) is 18.5 Å². The molecule has 0 saturated carbocycles. The minimum atomic E-state index is -0.114. The molecule has 0 bridgehead atoms. The van der Waals surface area contributed by atoms with Crippen molar-refractivity contribution in [1.82, 2.24) is 4.98 Å². The maximum absolute atomic E-state index is 10.4. The van der Waals surface area contributed by atoms with Crippen molar-refractivity contribution in [3.05, 3.63) is 29.6 Å². The molecule has 0 amide bonds. The Morgan fingerprint density at radius 1 is 1.69 bits per heavy atom. The van der Waals surface area contributed by atoms with E-state index < -0.39 is 0 Å². The summed E-state index contributed by atoms with van der Waals surface area (Å²) in [5.41, 5.74) is 1.14. The Kier molecular flexibility index (Phi) is 3.20. The van der Waals surface area contributed by atoms with Crippen LogP contribution >= 0.6 is 0 Å². The van der Waals surface area contributed by atoms with Gasteiger partial charge in [-0.2, -0.15) is 0 Å². The van der Waals surface area contributed by atoms with E-state index >= 15 is 0 Å². The molecule has 4 heteroatoms. The van der Waals surface area contributed by atoms with Gasteiger partial charge in [-0.1, -0.05) is 0 Å². The lowest BCUT2D eigenvalue weighted by atomic mass is 10.2. The molecule has 0 atom stereocenters. The minimum Gasteiger partial charge on any atom is -0.486 e. The standard InChI is InChI=1S/C9H9NO3/c1-13-9(6-12)8-2-7(5-11)3-10-4-8/h2-4,11H,5H2,1H3. The van der Waals surface area contributed by atoms with Crippen molar-refractivity contribution >= 4 is 11.7 Å². The number of nitrogens with zero attached hydrogens (tertiary/aromatic N) is 1. The number of carbonyl (C=O) groups excluding carboxylic acids is 1. The van der Waals surface area contributed by atoms with Crippen molar-refractivity contribution in [2.75, 3.05) is 7.11 Å². The summed E-state index contributed by atoms with van der Waals surface area (Å²) in [6, 6.07) is 1.62. The predicted octanol–water partition coefficient (Wildman–Crippen LogP) is 0.393. The van der Waals surface area contributed by atoms with E-state index in [0.29, 0.717) is 11.1 Å². The number of hydrogen-bond donors (Lipinski definition) is 1. The van der Waals surface area contributed by atoms with Crippen LogP contribution in [0.3, 0.4) is 0 Å². The van der Waals surface area contributed by atoms with E-state index in [0.717, 1.165) is 0 Å². The van der Waals surface area contributed by atoms with Gasteiger partial charge >= 0.3 is 0 Å². The van der Waals surface area contributed by atoms with Crippen LogP contribution in [0.5, 0.6) is 0 Å². The van der Waals surface area contributed by atoms with Crippen molar-refractivity contribution in [1.29, 1.82) is 0 Å². The largest absolute Gasteiger partial charge is 0.486 e. The molecule has 1 N–H and O–H groups in total. The Morgan fingerprint density at radius 2 is 2.46 bits per heavy atom. The van der Waals surface area contributed by atoms with Gasteiger partial charge in [-0.15, -0.1) is 0 Å². The normalized spacial score (nSPS) is 9.08. The predicted molar refractivity (Wildman–Crippen MR) is 46.3 cm³/mol. The van der Waals surface area contributed by atoms with Crippen LogP contribution in [0, 0.1) is 0 Å². The Labute approximate surface area is 75.5 Å². The van der Waals surface area contributed by atoms with Gasteiger partial charge in [0.15, 0.2) is 5.94 Å². The van der Waals surface area contributed by atoms with Crippen molar-refractivity contribution in [2.45, 2.75) is 6.61 Å². The van der Waals surface area contributed by atoms with Crippen LogP contribution in [-0.2, 0) is 16.1 Å². The summed E-state index contributed by atoms with van der Waals surface area (Å²) in [6.07, 6.45) is 2.99. The van der Waals surface area contributed by atoms with Crippen molar-refractivity contribution in [3.63, 3.8) is 0 Å². The molecular weight excluding hydrogens is 170 g/mol. The van der Waals surface area contributed by atoms with Gasteiger partial charge < -0.3 is 9.84 Å². The number of aromatic nitrogens is 1. The van der Waals surface area contributed by atoms with Gasteiger partial charge in [0.25, 0.3) is 0 Å². The van der Waals surface area contributed by atoms with Crippen LogP contribution in [0.25, 0.3) is 5.76 Å². The first-order valence-corrected chi connectivity index (χ1v) is 3.66. The Hall–Kier alpha value is -1.64. The number of aliphatic hydroxyl groups is 1. The number of rotatable bonds is 3. The molecular formula is C9H9NO3. The fourth-order valence-electron chi connectivity index (χ4n) is 0.917. The summed E-state index contributed by atoms with van der Waals surface area (Å²) >= 11 is 0. The van der Waals surface area contributed by atoms with Gasteiger partial charge in [0, 0.05) is 18.0 Å². The highest BCUT2D eigenvalue weighted by molar-refractivity contribution is 5.82. The highest BCUT2D eigenvalue weighted by Crippen LogP contribution is 2.11. The molecule has 0 aliphatic carbocycles. The number of methoxy groups -OCH3 is 1. The molecule has 0 radical (unpaired) electrons. The number of pyridine rings is 1. The van der Waals surface area contributed by atoms with E-state index in [1.165, 1.54) is 19.5 Å². The summed E-state index contributed by atoms with van der Waals surface area (Å²) in [5, 5.41) is 8.80. The first kappa shape index (κ1) is 9.45. The minimum absolute atomic E-state index is 0.0859. The fraction of sp³-hybridized carbons (Fsp3) is 0.222. The summed E-state index contributed by atoms with van der Waals surface area (Å²) in [4.78, 5) is 14.2. The molecule has 4 nitrogen and oxygen atoms in total. The Bertz CT molecular complexity index is 342. The average Bonchev–Trinajstić information content (AvgIpc) is 2.20. The number of aliphatic hydroxyl groups excluding tert-OH is 1. The Morgan fingerprint density at radius 3 is 3.00 bits per heavy atom. The highest BCUT2D eigenvalue weighted by atomic mass is 16.5. The monoisotopic (exact) mass is 179 g/mol. The second-order valence-corrected chi connectivity index (χ2v) is 2.38. The molecule has 1 heterocycles. The summed E-state index contributed by atoms with van der Waals surface area (Å²) in [6.45, 7) is -0.114. The van der Waals surface area contributed by atoms with Crippen LogP contribution in [0.4, 0.5) is 0 Å². The third-order valence-corrected chi connectivity index (χ3v) is 1.54. The molecule has 0 aliphatic rings. The van der Waals surface area contributed by atoms with Gasteiger partial charge in [-0.3, -0.25) is 4.98 Å². The second-order valence-electron chi connectivity index (χ2n) is 2.38. The molecule has 1 rings (SSSR count). The quantitative estimate of drug-likeness (QED) is 0.538. The highest BCUT2D eigenvalue weighted by Gasteiger charge is 2.03. The van der Waals surface area contributed by atoms with E-state index in [1.807, 2.05) is 0 Å². The van der Waals surface area contributed by atoms with Crippen LogP contribution in [0.2, 0.25) is 0 Å². The zero-order valence-electron chi connectivity index (χ0n) is 7.15. The molecule has 1 aromatic rings. The van der Waals surface area contributed by atoms with E-state index in [1.54, 1.807) is 12.0 Å². The number of ether oxygens (including phenoxy) is 1. The lowest BCUT2D eigenvalue weighted by Crippen LogP contribution is -1.92. The third kappa shape index (κ3) is 2.15. The summed E-state index contributed by atoms with van der Waals surface area (Å²) in [5.74, 6) is 1.73. The van der Waals surface area contributed by atoms with E-state index in [-0.39, 0.29) is 12.4 Å². The number of hydrogen-bond acceptors (Lipinski definition) is 4. The third-order valence-electron chi connectivity index (χ3n) is 1.54. The van der Waals surface area contributed by atoms with Crippen LogP contribution in [-0.4, -0.2) is 23.1 Å². The Balaban J connectivity index is 3.07. The smallest absolute Gasteiger partial charge is 0.212 e. The van der Waals surface area contributed by atoms with Gasteiger partial charge in [0.2, 0.25) is 5.76 Å². The van der Waals surface area contributed by atoms with Crippen molar-refractivity contribution in [3.8, 4) is 0 Å². The topological polar surface area (TPSA) is 59.4 Å². The van der Waals surface area contributed by atoms with Gasteiger partial charge in [-0.05, 0) is 11.6 Å². The van der Waals surface area contributed by atoms with E-state index in [4.69, 9.17) is 9.84 Å². The average molecular weight is 179 g/mol. The summed E-state index contributed by atoms with van der Waals surface area (Å²) < 4.78 is 4.76. The van der Waals surface area contributed by atoms with Gasteiger partial charge in [-0.25, -0.2) is 4.79 Å². The molecule has 0 spiro atoms. The molecule has 0 fully saturated rings. The lowest BCUT2D eigenvalue weighted by Gasteiger charge is -2.02. The molecule has 0 aromatic carbocycles. The SMILES string of the molecule is COC(=C=O)c1cncc(CO)c1. The molecule has 0 saturated heterocycles. The van der Waals surface area contributed by atoms with E-state index in [2.05, 4.69) is 4.98 Å². The second kappa shape index (κ2) is 4.40. The summed E-state index contributed by atoms with van der Waals surface area (Å²) in [7, 11) is 1.38. The van der Waals surface area contributed by atoms with Gasteiger partial charge in [0.1, 0.15) is 0 Å². The molecule has 13 heavy (non-hydrogen) atoms. The van der Waals surface area contributed by atoms with Gasteiger partial charge in [0.05, 0.1) is 13.7 Å². The van der Waals surface area contributed by atoms with E-state index in [9.17, 15) is 4.79 Å². The maximum atomic E-state index is 10.4. The molecule has 0 aliphatic heterocycles. The molecule has 1 aromatic heterocycles. The first-order chi connectivity index (χ1) is 6.31. The zero-order chi connectivity index (χ0) is 9.68. The zero-order valence-corrected chi connectivity index (χ0v) is 7.15. The maximum Gasteiger partial charge on any atom is 0.212 e.